The van der Waals surface area contributed by atoms with E-state index >= 15 is 0 Å². The van der Waals surface area contributed by atoms with Crippen molar-refractivity contribution in [2.24, 2.45) is 10.9 Å². The third-order valence-electron chi connectivity index (χ3n) is 2.08. The van der Waals surface area contributed by atoms with Gasteiger partial charge in [0.1, 0.15) is 5.92 Å². The number of aliphatic imine (C=N–C) groups is 1. The van der Waals surface area contributed by atoms with E-state index < -0.39 is 0 Å². The summed E-state index contributed by atoms with van der Waals surface area (Å²) in [5, 5.41) is 0. The molecular weight excluding hydrogens is 182 g/mol. The van der Waals surface area contributed by atoms with Gasteiger partial charge in [-0.25, -0.2) is 0 Å². The molecule has 0 unspecified atom stereocenters. The van der Waals surface area contributed by atoms with Gasteiger partial charge in [-0.3, -0.25) is 9.79 Å². The maximum Gasteiger partial charge on any atom is 0.318 e. The monoisotopic (exact) mass is 199 g/mol. The lowest BCUT2D eigenvalue weighted by atomic mass is 10.0. The number of hydrogen-bond acceptors (Lipinski definition) is 4. The minimum atomic E-state index is -0.274. The summed E-state index contributed by atoms with van der Waals surface area (Å²) < 4.78 is 10.3. The zero-order valence-corrected chi connectivity index (χ0v) is 8.78. The van der Waals surface area contributed by atoms with Gasteiger partial charge in [0.15, 0.2) is 5.90 Å². The summed E-state index contributed by atoms with van der Waals surface area (Å²) in [6, 6.07) is 0. The molecule has 0 amide bonds. The zero-order chi connectivity index (χ0) is 10.4. The Morgan fingerprint density at radius 3 is 2.93 bits per heavy atom. The molecule has 0 aromatic rings. The van der Waals surface area contributed by atoms with Crippen LogP contribution in [0.1, 0.15) is 26.7 Å². The van der Waals surface area contributed by atoms with Crippen molar-refractivity contribution in [2.45, 2.75) is 26.7 Å². The van der Waals surface area contributed by atoms with Crippen LogP contribution in [0.2, 0.25) is 0 Å². The molecule has 4 nitrogen and oxygen atoms in total. The molecule has 0 aromatic carbocycles. The van der Waals surface area contributed by atoms with Gasteiger partial charge in [-0.1, -0.05) is 0 Å². The molecule has 0 aliphatic carbocycles. The quantitative estimate of drug-likeness (QED) is 0.645. The molecule has 0 fully saturated rings. The Hall–Kier alpha value is -1.06. The van der Waals surface area contributed by atoms with Crippen LogP contribution in [-0.2, 0) is 14.3 Å². The van der Waals surface area contributed by atoms with Crippen molar-refractivity contribution >= 4 is 11.9 Å². The number of nitrogens with zero attached hydrogens (tertiary/aromatic N) is 1. The van der Waals surface area contributed by atoms with Gasteiger partial charge in [-0.15, -0.1) is 0 Å². The summed E-state index contributed by atoms with van der Waals surface area (Å²) in [6.45, 7) is 5.41. The van der Waals surface area contributed by atoms with Gasteiger partial charge in [-0.2, -0.15) is 0 Å². The average molecular weight is 199 g/mol. The SMILES string of the molecule is CCOC(=O)[C@H]1CCCN=C1OCC. The highest BCUT2D eigenvalue weighted by atomic mass is 16.5. The summed E-state index contributed by atoms with van der Waals surface area (Å²) in [4.78, 5) is 15.7. The van der Waals surface area contributed by atoms with E-state index in [4.69, 9.17) is 9.47 Å². The molecule has 0 bridgehead atoms. The number of ether oxygens (including phenoxy) is 2. The number of hydrogen-bond donors (Lipinski definition) is 0. The van der Waals surface area contributed by atoms with Crippen molar-refractivity contribution in [3.8, 4) is 0 Å². The molecule has 0 aromatic heterocycles. The number of carbonyl (C=O) groups excluding carboxylic acids is 1. The van der Waals surface area contributed by atoms with Crippen molar-refractivity contribution in [3.05, 3.63) is 0 Å². The second kappa shape index (κ2) is 5.62. The molecule has 14 heavy (non-hydrogen) atoms. The van der Waals surface area contributed by atoms with Crippen LogP contribution in [0.25, 0.3) is 0 Å². The smallest absolute Gasteiger partial charge is 0.318 e. The van der Waals surface area contributed by atoms with E-state index in [9.17, 15) is 4.79 Å². The average Bonchev–Trinajstić information content (AvgIpc) is 2.19. The van der Waals surface area contributed by atoms with Gasteiger partial charge < -0.3 is 9.47 Å². The highest BCUT2D eigenvalue weighted by Gasteiger charge is 2.29. The molecule has 80 valence electrons. The van der Waals surface area contributed by atoms with E-state index in [1.807, 2.05) is 6.92 Å². The largest absolute Gasteiger partial charge is 0.481 e. The summed E-state index contributed by atoms with van der Waals surface area (Å²) in [7, 11) is 0. The first kappa shape index (κ1) is 11.0. The van der Waals surface area contributed by atoms with Crippen LogP contribution in [0, 0.1) is 5.92 Å². The van der Waals surface area contributed by atoms with Crippen molar-refractivity contribution in [3.63, 3.8) is 0 Å². The fourth-order valence-electron chi connectivity index (χ4n) is 1.47. The summed E-state index contributed by atoms with van der Waals surface area (Å²) in [5.41, 5.74) is 0. The highest BCUT2D eigenvalue weighted by molar-refractivity contribution is 5.98. The van der Waals surface area contributed by atoms with Crippen molar-refractivity contribution < 1.29 is 14.3 Å². The maximum absolute atomic E-state index is 11.5. The van der Waals surface area contributed by atoms with Gasteiger partial charge in [0, 0.05) is 6.54 Å². The van der Waals surface area contributed by atoms with E-state index in [0.717, 1.165) is 19.4 Å². The molecule has 1 heterocycles. The molecule has 0 N–H and O–H groups in total. The predicted molar refractivity (Wildman–Crippen MR) is 53.3 cm³/mol. The third-order valence-corrected chi connectivity index (χ3v) is 2.08. The Morgan fingerprint density at radius 2 is 2.29 bits per heavy atom. The fraction of sp³-hybridized carbons (Fsp3) is 0.800. The van der Waals surface area contributed by atoms with E-state index in [1.54, 1.807) is 6.92 Å². The highest BCUT2D eigenvalue weighted by Crippen LogP contribution is 2.17. The molecule has 1 aliphatic heterocycles. The second-order valence-electron chi connectivity index (χ2n) is 3.10. The lowest BCUT2D eigenvalue weighted by Crippen LogP contribution is -2.31. The predicted octanol–water partition coefficient (Wildman–Crippen LogP) is 1.39. The molecule has 0 saturated heterocycles. The van der Waals surface area contributed by atoms with Crippen molar-refractivity contribution in [2.75, 3.05) is 19.8 Å². The summed E-state index contributed by atoms with van der Waals surface area (Å²) in [5.74, 6) is 0.0697. The Kier molecular flexibility index (Phi) is 4.43. The first-order valence-electron chi connectivity index (χ1n) is 5.13. The van der Waals surface area contributed by atoms with Gasteiger partial charge in [0.2, 0.25) is 0 Å². The molecule has 0 spiro atoms. The van der Waals surface area contributed by atoms with Gasteiger partial charge in [0.05, 0.1) is 13.2 Å². The van der Waals surface area contributed by atoms with E-state index in [1.165, 1.54) is 0 Å². The van der Waals surface area contributed by atoms with E-state index in [-0.39, 0.29) is 11.9 Å². The zero-order valence-electron chi connectivity index (χ0n) is 8.78. The molecule has 4 heteroatoms. The van der Waals surface area contributed by atoms with Crippen molar-refractivity contribution in [1.29, 1.82) is 0 Å². The lowest BCUT2D eigenvalue weighted by molar-refractivity contribution is -0.146. The Labute approximate surface area is 84.3 Å². The van der Waals surface area contributed by atoms with E-state index in [0.29, 0.717) is 19.1 Å². The standard InChI is InChI=1S/C10H17NO3/c1-3-13-9-8(6-5-7-11-9)10(12)14-4-2/h8H,3-7H2,1-2H3/t8-/m0/s1. The van der Waals surface area contributed by atoms with Crippen LogP contribution >= 0.6 is 0 Å². The number of esters is 1. The van der Waals surface area contributed by atoms with Crippen LogP contribution in [0.4, 0.5) is 0 Å². The van der Waals surface area contributed by atoms with Crippen LogP contribution in [0.3, 0.4) is 0 Å². The Morgan fingerprint density at radius 1 is 1.50 bits per heavy atom. The first-order chi connectivity index (χ1) is 6.79. The minimum absolute atomic E-state index is 0.209. The molecule has 1 aliphatic rings. The van der Waals surface area contributed by atoms with Gasteiger partial charge in [0.25, 0.3) is 0 Å². The molecule has 1 rings (SSSR count). The van der Waals surface area contributed by atoms with E-state index in [2.05, 4.69) is 4.99 Å². The van der Waals surface area contributed by atoms with Crippen LogP contribution in [0.5, 0.6) is 0 Å². The third kappa shape index (κ3) is 2.72. The van der Waals surface area contributed by atoms with Crippen molar-refractivity contribution in [1.82, 2.24) is 0 Å². The maximum atomic E-state index is 11.5. The fourth-order valence-corrected chi connectivity index (χ4v) is 1.47. The summed E-state index contributed by atoms with van der Waals surface area (Å²) >= 11 is 0. The number of rotatable bonds is 3. The minimum Gasteiger partial charge on any atom is -0.481 e. The molecule has 0 saturated carbocycles. The van der Waals surface area contributed by atoms with Gasteiger partial charge in [-0.05, 0) is 26.7 Å². The Bertz CT molecular complexity index is 225. The molecule has 0 radical (unpaired) electrons. The molecular formula is C10H17NO3. The first-order valence-corrected chi connectivity index (χ1v) is 5.13. The van der Waals surface area contributed by atoms with Crippen LogP contribution in [-0.4, -0.2) is 31.6 Å². The van der Waals surface area contributed by atoms with Crippen LogP contribution < -0.4 is 0 Å². The second-order valence-corrected chi connectivity index (χ2v) is 3.10. The molecule has 1 atom stereocenters. The van der Waals surface area contributed by atoms with Crippen LogP contribution in [0.15, 0.2) is 4.99 Å². The normalized spacial score (nSPS) is 21.3. The summed E-state index contributed by atoms with van der Waals surface area (Å²) in [6.07, 6.45) is 1.72. The topological polar surface area (TPSA) is 47.9 Å². The number of carbonyl (C=O) groups is 1. The lowest BCUT2D eigenvalue weighted by Gasteiger charge is -2.20. The Balaban J connectivity index is 2.60. The van der Waals surface area contributed by atoms with Gasteiger partial charge >= 0.3 is 5.97 Å².